The van der Waals surface area contributed by atoms with E-state index in [9.17, 15) is 0 Å². The Morgan fingerprint density at radius 1 is 0.200 bits per heavy atom. The molecule has 0 atom stereocenters. The van der Waals surface area contributed by atoms with E-state index in [0.717, 1.165) is 0 Å². The first kappa shape index (κ1) is 81.8. The molecule has 0 aliphatic heterocycles. The summed E-state index contributed by atoms with van der Waals surface area (Å²) in [5.41, 5.74) is 0. The second-order valence-corrected chi connectivity index (χ2v) is 0. The molecule has 0 unspecified atom stereocenters. The Kier molecular flexibility index (Phi) is 559. The van der Waals surface area contributed by atoms with Gasteiger partial charge in [0.05, 0.1) is 0 Å². The van der Waals surface area contributed by atoms with E-state index >= 15 is 0 Å². The van der Waals surface area contributed by atoms with Gasteiger partial charge in [-0.15, -0.1) is 0 Å². The fourth-order valence-corrected chi connectivity index (χ4v) is 0. The van der Waals surface area contributed by atoms with E-state index in [1.54, 1.807) is 0 Å². The Bertz CT molecular complexity index is 7.22. The predicted octanol–water partition coefficient (Wildman–Crippen LogP) is -23.6. The van der Waals surface area contributed by atoms with Gasteiger partial charge in [0.25, 0.3) is 0 Å². The van der Waals surface area contributed by atoms with Crippen LogP contribution in [0, 0.1) is 0 Å². The predicted molar refractivity (Wildman–Crippen MR) is 10.0 cm³/mol. The molecule has 0 fully saturated rings. The summed E-state index contributed by atoms with van der Waals surface area (Å²) in [7, 11) is 0. The molecular formula is H6N2Na8+8. The third-order valence-electron chi connectivity index (χ3n) is 0. The third-order valence-corrected chi connectivity index (χ3v) is 0. The standard InChI is InChI=1S/2H3N.8Na/h2*1H3;;;;;;;;/q;;8*+1. The van der Waals surface area contributed by atoms with Crippen molar-refractivity contribution in [2.75, 3.05) is 0 Å². The summed E-state index contributed by atoms with van der Waals surface area (Å²) in [6, 6.07) is 0. The summed E-state index contributed by atoms with van der Waals surface area (Å²) in [5.74, 6) is 0. The van der Waals surface area contributed by atoms with Gasteiger partial charge >= 0.3 is 236 Å². The summed E-state index contributed by atoms with van der Waals surface area (Å²) in [5, 5.41) is 0. The van der Waals surface area contributed by atoms with Crippen molar-refractivity contribution in [2.45, 2.75) is 0 Å². The minimum atomic E-state index is 0. The van der Waals surface area contributed by atoms with Crippen molar-refractivity contribution < 1.29 is 236 Å². The molecule has 0 saturated heterocycles. The maximum atomic E-state index is 0. The molecule has 6 N–H and O–H groups in total. The summed E-state index contributed by atoms with van der Waals surface area (Å²) in [6.07, 6.45) is 0. The van der Waals surface area contributed by atoms with Gasteiger partial charge in [-0.25, -0.2) is 0 Å². The van der Waals surface area contributed by atoms with E-state index in [4.69, 9.17) is 0 Å². The monoisotopic (exact) mass is 218 g/mol. The maximum absolute atomic E-state index is 0. The summed E-state index contributed by atoms with van der Waals surface area (Å²) in [4.78, 5) is 0. The minimum Gasteiger partial charge on any atom is -0.344 e. The largest absolute Gasteiger partial charge is 1.00 e. The van der Waals surface area contributed by atoms with E-state index in [1.165, 1.54) is 0 Å². The van der Waals surface area contributed by atoms with Gasteiger partial charge in [0.15, 0.2) is 0 Å². The molecule has 0 rings (SSSR count). The second kappa shape index (κ2) is 68.4. The van der Waals surface area contributed by atoms with Crippen LogP contribution in [0.2, 0.25) is 0 Å². The Hall–Kier alpha value is 7.92. The molecule has 0 aromatic rings. The first-order valence-electron chi connectivity index (χ1n) is 0. The van der Waals surface area contributed by atoms with E-state index in [0.29, 0.717) is 0 Å². The van der Waals surface area contributed by atoms with Crippen molar-refractivity contribution in [3.63, 3.8) is 0 Å². The first-order chi connectivity index (χ1) is 0. The van der Waals surface area contributed by atoms with Crippen molar-refractivity contribution in [2.24, 2.45) is 0 Å². The zero-order valence-electron chi connectivity index (χ0n) is 9.41. The van der Waals surface area contributed by atoms with Crippen LogP contribution in [-0.4, -0.2) is 0 Å². The van der Waals surface area contributed by atoms with Crippen LogP contribution in [0.5, 0.6) is 0 Å². The fourth-order valence-electron chi connectivity index (χ4n) is 0. The Morgan fingerprint density at radius 2 is 0.200 bits per heavy atom. The zero-order valence-corrected chi connectivity index (χ0v) is 25.4. The van der Waals surface area contributed by atoms with Gasteiger partial charge in [-0.1, -0.05) is 0 Å². The van der Waals surface area contributed by atoms with E-state index in [2.05, 4.69) is 0 Å². The average molecular weight is 218 g/mol. The van der Waals surface area contributed by atoms with Gasteiger partial charge in [-0.3, -0.25) is 0 Å². The van der Waals surface area contributed by atoms with E-state index < -0.39 is 0 Å². The molecule has 0 aromatic heterocycles. The number of hydrogen-bond donors (Lipinski definition) is 2. The average Bonchev–Trinajstić information content (AvgIpc) is 0. The topological polar surface area (TPSA) is 70.0 Å². The van der Waals surface area contributed by atoms with Gasteiger partial charge in [-0.2, -0.15) is 0 Å². The van der Waals surface area contributed by atoms with E-state index in [1.807, 2.05) is 0 Å². The van der Waals surface area contributed by atoms with Crippen LogP contribution in [0.3, 0.4) is 0 Å². The van der Waals surface area contributed by atoms with Crippen molar-refractivity contribution in [1.29, 1.82) is 0 Å². The Morgan fingerprint density at radius 3 is 0.200 bits per heavy atom. The Balaban J connectivity index is 0. The van der Waals surface area contributed by atoms with Crippen molar-refractivity contribution >= 4 is 0 Å². The quantitative estimate of drug-likeness (QED) is 0.396. The van der Waals surface area contributed by atoms with Crippen molar-refractivity contribution in [1.82, 2.24) is 12.3 Å². The van der Waals surface area contributed by atoms with Gasteiger partial charge in [-0.05, 0) is 0 Å². The molecular weight excluding hydrogens is 212 g/mol. The van der Waals surface area contributed by atoms with Crippen LogP contribution in [-0.2, 0) is 0 Å². The molecule has 0 spiro atoms. The molecule has 10 heteroatoms. The maximum Gasteiger partial charge on any atom is 1.00 e. The number of hydrogen-bond acceptors (Lipinski definition) is 2. The smallest absolute Gasteiger partial charge is 0.344 e. The summed E-state index contributed by atoms with van der Waals surface area (Å²) >= 11 is 0. The third kappa shape index (κ3) is 56.5. The normalized spacial score (nSPS) is 0. The molecule has 16 valence electrons. The first-order valence-corrected chi connectivity index (χ1v) is 0. The van der Waals surface area contributed by atoms with Gasteiger partial charge in [0, 0.05) is 0 Å². The molecule has 0 bridgehead atoms. The van der Waals surface area contributed by atoms with Crippen LogP contribution in [0.15, 0.2) is 0 Å². The molecule has 0 radical (unpaired) electrons. The van der Waals surface area contributed by atoms with E-state index in [-0.39, 0.29) is 249 Å². The fraction of sp³-hybridized carbons (Fsp3) is 0. The van der Waals surface area contributed by atoms with Crippen LogP contribution in [0.4, 0.5) is 0 Å². The molecule has 0 saturated carbocycles. The molecule has 10 heavy (non-hydrogen) atoms. The minimum absolute atomic E-state index is 0. The Labute approximate surface area is 241 Å². The molecule has 0 aromatic carbocycles. The van der Waals surface area contributed by atoms with Crippen molar-refractivity contribution in [3.8, 4) is 0 Å². The van der Waals surface area contributed by atoms with Crippen LogP contribution in [0.25, 0.3) is 0 Å². The number of rotatable bonds is 0. The molecule has 0 heterocycles. The summed E-state index contributed by atoms with van der Waals surface area (Å²) < 4.78 is 0. The van der Waals surface area contributed by atoms with Gasteiger partial charge < -0.3 is 12.3 Å². The SMILES string of the molecule is N.N.[Na+].[Na+].[Na+].[Na+].[Na+].[Na+].[Na+].[Na+]. The van der Waals surface area contributed by atoms with Gasteiger partial charge in [0.1, 0.15) is 0 Å². The second-order valence-electron chi connectivity index (χ2n) is 0. The van der Waals surface area contributed by atoms with Crippen LogP contribution >= 0.6 is 0 Å². The molecule has 0 aliphatic rings. The molecule has 2 nitrogen and oxygen atoms in total. The van der Waals surface area contributed by atoms with Gasteiger partial charge in [0.2, 0.25) is 0 Å². The zero-order chi connectivity index (χ0) is 0. The molecule has 0 amide bonds. The van der Waals surface area contributed by atoms with Crippen LogP contribution in [0.1, 0.15) is 0 Å². The summed E-state index contributed by atoms with van der Waals surface area (Å²) in [6.45, 7) is 0. The van der Waals surface area contributed by atoms with Crippen molar-refractivity contribution in [3.05, 3.63) is 0 Å². The van der Waals surface area contributed by atoms with Crippen LogP contribution < -0.4 is 249 Å². The molecule has 0 aliphatic carbocycles.